The van der Waals surface area contributed by atoms with E-state index in [0.717, 1.165) is 34.3 Å². The first-order valence-corrected chi connectivity index (χ1v) is 15.2. The summed E-state index contributed by atoms with van der Waals surface area (Å²) in [6.07, 6.45) is 1.35. The number of sulfone groups is 1. The topological polar surface area (TPSA) is 114 Å². The lowest BCUT2D eigenvalue weighted by molar-refractivity contribution is -0.120. The monoisotopic (exact) mass is 541 g/mol. The Morgan fingerprint density at radius 2 is 1.64 bits per heavy atom. The first kappa shape index (κ1) is 24.6. The quantitative estimate of drug-likeness (QED) is 0.412. The molecule has 186 valence electrons. The van der Waals surface area contributed by atoms with Crippen molar-refractivity contribution in [2.24, 2.45) is 0 Å². The number of thiazole rings is 1. The second-order valence-corrected chi connectivity index (χ2v) is 13.7. The van der Waals surface area contributed by atoms with Gasteiger partial charge in [0.25, 0.3) is 0 Å². The molecule has 1 aliphatic heterocycles. The molecule has 0 unspecified atom stereocenters. The van der Waals surface area contributed by atoms with E-state index in [1.54, 1.807) is 30.3 Å². The van der Waals surface area contributed by atoms with Crippen molar-refractivity contribution in [3.8, 4) is 0 Å². The van der Waals surface area contributed by atoms with Crippen LogP contribution in [0.5, 0.6) is 0 Å². The third-order valence-corrected chi connectivity index (χ3v) is 10.1. The van der Waals surface area contributed by atoms with Gasteiger partial charge in [-0.1, -0.05) is 53.3 Å². The fraction of sp³-hybridized carbons (Fsp3) is 0.200. The molecule has 0 aliphatic carbocycles. The van der Waals surface area contributed by atoms with E-state index in [1.807, 2.05) is 31.2 Å². The van der Waals surface area contributed by atoms with Gasteiger partial charge in [-0.05, 0) is 54.8 Å². The third kappa shape index (κ3) is 4.66. The van der Waals surface area contributed by atoms with Crippen molar-refractivity contribution in [1.29, 1.82) is 0 Å². The number of amides is 1. The van der Waals surface area contributed by atoms with Crippen LogP contribution in [0.25, 0.3) is 10.2 Å². The summed E-state index contributed by atoms with van der Waals surface area (Å²) < 4.78 is 52.9. The molecule has 8 nitrogen and oxygen atoms in total. The third-order valence-electron chi connectivity index (χ3n) is 6.15. The molecule has 1 amide bonds. The van der Waals surface area contributed by atoms with E-state index in [9.17, 15) is 21.6 Å². The van der Waals surface area contributed by atoms with Gasteiger partial charge in [0.05, 0.1) is 20.0 Å². The van der Waals surface area contributed by atoms with Crippen molar-refractivity contribution in [2.45, 2.75) is 35.7 Å². The molecule has 1 aromatic heterocycles. The number of benzene rings is 3. The number of nitrogens with one attached hydrogen (secondary N) is 1. The largest absolute Gasteiger partial charge is 0.301 e. The lowest BCUT2D eigenvalue weighted by Gasteiger charge is -2.34. The Balaban J connectivity index is 1.49. The highest BCUT2D eigenvalue weighted by Gasteiger charge is 2.39. The molecule has 1 N–H and O–H groups in total. The Labute approximate surface area is 213 Å². The molecule has 11 heteroatoms. The van der Waals surface area contributed by atoms with Gasteiger partial charge in [-0.15, -0.1) is 0 Å². The molecule has 2 heterocycles. The van der Waals surface area contributed by atoms with Crippen molar-refractivity contribution < 1.29 is 21.6 Å². The molecule has 3 aromatic carbocycles. The SMILES string of the molecule is Cc1ccc(S(=O)(=O)N2Cc3ccccc3C[C@@H]2C(=O)Nc2nc3ccc(S(C)(=O)=O)cc3s2)cc1. The lowest BCUT2D eigenvalue weighted by Crippen LogP contribution is -2.50. The number of aromatic nitrogens is 1. The van der Waals surface area contributed by atoms with Gasteiger partial charge in [0.2, 0.25) is 15.9 Å². The minimum absolute atomic E-state index is 0.0715. The van der Waals surface area contributed by atoms with Crippen LogP contribution in [0.3, 0.4) is 0 Å². The summed E-state index contributed by atoms with van der Waals surface area (Å²) >= 11 is 1.14. The zero-order chi connectivity index (χ0) is 25.7. The molecule has 4 aromatic rings. The Bertz CT molecular complexity index is 1690. The van der Waals surface area contributed by atoms with E-state index in [0.29, 0.717) is 10.2 Å². The second-order valence-electron chi connectivity index (χ2n) is 8.76. The van der Waals surface area contributed by atoms with Gasteiger partial charge >= 0.3 is 0 Å². The number of anilines is 1. The highest BCUT2D eigenvalue weighted by atomic mass is 32.2. The van der Waals surface area contributed by atoms with E-state index < -0.39 is 31.8 Å². The molecule has 1 atom stereocenters. The van der Waals surface area contributed by atoms with Crippen LogP contribution in [0.2, 0.25) is 0 Å². The fourth-order valence-corrected chi connectivity index (χ4v) is 7.39. The summed E-state index contributed by atoms with van der Waals surface area (Å²) in [5.74, 6) is -0.498. The van der Waals surface area contributed by atoms with Crippen molar-refractivity contribution in [2.75, 3.05) is 11.6 Å². The number of aryl methyl sites for hydroxylation is 1. The maximum atomic E-state index is 13.6. The maximum Gasteiger partial charge on any atom is 0.244 e. The number of carbonyl (C=O) groups excluding carboxylic acids is 1. The molecule has 5 rings (SSSR count). The van der Waals surface area contributed by atoms with Crippen LogP contribution in [-0.2, 0) is 37.6 Å². The molecule has 0 saturated carbocycles. The predicted molar refractivity (Wildman–Crippen MR) is 139 cm³/mol. The first-order valence-electron chi connectivity index (χ1n) is 11.1. The molecule has 36 heavy (non-hydrogen) atoms. The zero-order valence-corrected chi connectivity index (χ0v) is 22.0. The van der Waals surface area contributed by atoms with Gasteiger partial charge in [-0.2, -0.15) is 4.31 Å². The van der Waals surface area contributed by atoms with E-state index in [2.05, 4.69) is 10.3 Å². The van der Waals surface area contributed by atoms with Gasteiger partial charge in [0.15, 0.2) is 15.0 Å². The molecule has 0 radical (unpaired) electrons. The zero-order valence-electron chi connectivity index (χ0n) is 19.5. The van der Waals surface area contributed by atoms with Gasteiger partial charge < -0.3 is 5.32 Å². The number of hydrogen-bond acceptors (Lipinski definition) is 7. The second kappa shape index (κ2) is 9.07. The number of nitrogens with zero attached hydrogens (tertiary/aromatic N) is 2. The summed E-state index contributed by atoms with van der Waals surface area (Å²) in [6, 6.07) is 17.6. The smallest absolute Gasteiger partial charge is 0.244 e. The number of hydrogen-bond donors (Lipinski definition) is 1. The Morgan fingerprint density at radius 3 is 2.33 bits per heavy atom. The average molecular weight is 542 g/mol. The summed E-state index contributed by atoms with van der Waals surface area (Å²) in [6.45, 7) is 1.95. The minimum atomic E-state index is -3.97. The number of rotatable bonds is 5. The minimum Gasteiger partial charge on any atom is -0.301 e. The normalized spacial score (nSPS) is 16.6. The van der Waals surface area contributed by atoms with Crippen LogP contribution < -0.4 is 5.32 Å². The van der Waals surface area contributed by atoms with Crippen LogP contribution in [0, 0.1) is 6.92 Å². The summed E-state index contributed by atoms with van der Waals surface area (Å²) in [5, 5.41) is 3.04. The van der Waals surface area contributed by atoms with Crippen LogP contribution >= 0.6 is 11.3 Å². The number of carbonyl (C=O) groups is 1. The Morgan fingerprint density at radius 1 is 0.972 bits per heavy atom. The van der Waals surface area contributed by atoms with E-state index >= 15 is 0 Å². The number of sulfonamides is 1. The maximum absolute atomic E-state index is 13.6. The van der Waals surface area contributed by atoms with E-state index in [4.69, 9.17) is 0 Å². The van der Waals surface area contributed by atoms with Gasteiger partial charge in [-0.25, -0.2) is 21.8 Å². The highest BCUT2D eigenvalue weighted by Crippen LogP contribution is 2.32. The van der Waals surface area contributed by atoms with Crippen molar-refractivity contribution >= 4 is 52.5 Å². The van der Waals surface area contributed by atoms with Gasteiger partial charge in [0.1, 0.15) is 6.04 Å². The average Bonchev–Trinajstić information content (AvgIpc) is 3.24. The van der Waals surface area contributed by atoms with E-state index in [-0.39, 0.29) is 27.9 Å². The predicted octanol–water partition coefficient (Wildman–Crippen LogP) is 3.76. The first-order chi connectivity index (χ1) is 17.0. The van der Waals surface area contributed by atoms with Gasteiger partial charge in [-0.3, -0.25) is 4.79 Å². The standard InChI is InChI=1S/C25H23N3O5S3/c1-16-7-9-19(10-8-16)36(32,33)28-15-18-6-4-3-5-17(18)13-22(28)24(29)27-25-26-21-12-11-20(35(2,30)31)14-23(21)34-25/h3-12,14,22H,13,15H2,1-2H3,(H,26,27,29)/t22-/m1/s1. The van der Waals surface area contributed by atoms with Crippen LogP contribution in [0.4, 0.5) is 5.13 Å². The molecular weight excluding hydrogens is 518 g/mol. The molecule has 1 aliphatic rings. The molecule has 0 fully saturated rings. The Kier molecular flexibility index (Phi) is 6.19. The molecule has 0 spiro atoms. The van der Waals surface area contributed by atoms with Crippen LogP contribution in [-0.4, -0.2) is 44.3 Å². The van der Waals surface area contributed by atoms with Gasteiger partial charge in [0, 0.05) is 12.8 Å². The Hall–Kier alpha value is -3.12. The number of fused-ring (bicyclic) bond motifs is 2. The summed E-state index contributed by atoms with van der Waals surface area (Å²) in [7, 11) is -7.35. The van der Waals surface area contributed by atoms with E-state index in [1.165, 1.54) is 16.4 Å². The summed E-state index contributed by atoms with van der Waals surface area (Å²) in [4.78, 5) is 18.2. The highest BCUT2D eigenvalue weighted by molar-refractivity contribution is 7.90. The lowest BCUT2D eigenvalue weighted by atomic mass is 9.95. The van der Waals surface area contributed by atoms with Crippen molar-refractivity contribution in [3.05, 3.63) is 83.4 Å². The molecule has 0 bridgehead atoms. The van der Waals surface area contributed by atoms with Crippen molar-refractivity contribution in [1.82, 2.24) is 9.29 Å². The fourth-order valence-electron chi connectivity index (χ4n) is 4.20. The van der Waals surface area contributed by atoms with Crippen LogP contribution in [0.15, 0.2) is 76.5 Å². The van der Waals surface area contributed by atoms with Crippen molar-refractivity contribution in [3.63, 3.8) is 0 Å². The molecular formula is C25H23N3O5S3. The molecule has 0 saturated heterocycles. The van der Waals surface area contributed by atoms with Crippen LogP contribution in [0.1, 0.15) is 16.7 Å². The summed E-state index contributed by atoms with van der Waals surface area (Å²) in [5.41, 5.74) is 3.24.